The molecule has 0 saturated carbocycles. The van der Waals surface area contributed by atoms with E-state index in [0.717, 1.165) is 0 Å². The van der Waals surface area contributed by atoms with Crippen molar-refractivity contribution in [3.63, 3.8) is 0 Å². The summed E-state index contributed by atoms with van der Waals surface area (Å²) in [6, 6.07) is -0.690. The second-order valence-electron chi connectivity index (χ2n) is 3.67. The monoisotopic (exact) mass is 242 g/mol. The third-order valence-electron chi connectivity index (χ3n) is 2.30. The number of carboxylic acids is 1. The van der Waals surface area contributed by atoms with Gasteiger partial charge >= 0.3 is 12.0 Å². The fraction of sp³-hybridized carbons (Fsp3) is 0.625. The van der Waals surface area contributed by atoms with Crippen LogP contribution in [0.25, 0.3) is 0 Å². The molecule has 0 bridgehead atoms. The van der Waals surface area contributed by atoms with Gasteiger partial charge in [-0.15, -0.1) is 5.10 Å². The van der Waals surface area contributed by atoms with E-state index in [0.29, 0.717) is 0 Å². The lowest BCUT2D eigenvalue weighted by atomic mass is 10.00. The van der Waals surface area contributed by atoms with Crippen molar-refractivity contribution in [3.05, 3.63) is 0 Å². The second-order valence-corrected chi connectivity index (χ2v) is 3.67. The molecule has 0 aliphatic carbocycles. The number of carbonyl (C=O) groups excluding carboxylic acids is 1. The Morgan fingerprint density at radius 1 is 1.53 bits per heavy atom. The Morgan fingerprint density at radius 3 is 2.59 bits per heavy atom. The first-order valence-corrected chi connectivity index (χ1v) is 4.94. The topological polar surface area (TPSA) is 122 Å². The highest BCUT2D eigenvalue weighted by Gasteiger charge is 2.32. The molecule has 3 N–H and O–H groups in total. The minimum absolute atomic E-state index is 0.00819. The van der Waals surface area contributed by atoms with Crippen molar-refractivity contribution in [2.24, 2.45) is 7.05 Å². The summed E-state index contributed by atoms with van der Waals surface area (Å²) in [5.74, 6) is -1.10. The van der Waals surface area contributed by atoms with Gasteiger partial charge in [-0.1, -0.05) is 12.0 Å². The van der Waals surface area contributed by atoms with Gasteiger partial charge in [-0.3, -0.25) is 5.32 Å². The average molecular weight is 242 g/mol. The average Bonchev–Trinajstić information content (AvgIpc) is 2.63. The summed E-state index contributed by atoms with van der Waals surface area (Å²) in [7, 11) is 1.55. The molecule has 0 saturated heterocycles. The maximum Gasteiger partial charge on any atom is 0.329 e. The van der Waals surface area contributed by atoms with Gasteiger partial charge in [0, 0.05) is 0 Å². The Bertz CT molecular complexity index is 431. The molecule has 9 nitrogen and oxygen atoms in total. The first kappa shape index (κ1) is 12.9. The van der Waals surface area contributed by atoms with Gasteiger partial charge in [0.15, 0.2) is 0 Å². The van der Waals surface area contributed by atoms with E-state index >= 15 is 0 Å². The Kier molecular flexibility index (Phi) is 3.61. The molecule has 1 rings (SSSR count). The van der Waals surface area contributed by atoms with Crippen molar-refractivity contribution in [3.8, 4) is 0 Å². The fourth-order valence-electron chi connectivity index (χ4n) is 1.01. The number of nitrogens with zero attached hydrogens (tertiary/aromatic N) is 4. The molecule has 1 heterocycles. The summed E-state index contributed by atoms with van der Waals surface area (Å²) in [4.78, 5) is 23.6. The zero-order valence-corrected chi connectivity index (χ0v) is 9.76. The third kappa shape index (κ3) is 3.13. The van der Waals surface area contributed by atoms with Crippen LogP contribution in [0.4, 0.5) is 10.7 Å². The highest BCUT2D eigenvalue weighted by Crippen LogP contribution is 2.09. The van der Waals surface area contributed by atoms with E-state index in [2.05, 4.69) is 26.0 Å². The molecule has 94 valence electrons. The maximum absolute atomic E-state index is 11.5. The number of rotatable bonds is 4. The molecule has 9 heteroatoms. The van der Waals surface area contributed by atoms with E-state index in [9.17, 15) is 9.59 Å². The summed E-state index contributed by atoms with van der Waals surface area (Å²) in [5, 5.41) is 24.4. The van der Waals surface area contributed by atoms with Crippen LogP contribution in [-0.2, 0) is 11.8 Å². The summed E-state index contributed by atoms with van der Waals surface area (Å²) < 4.78 is 0. The van der Waals surface area contributed by atoms with Crippen LogP contribution >= 0.6 is 0 Å². The minimum atomic E-state index is -1.33. The number of aliphatic carboxylic acids is 1. The molecule has 0 fully saturated rings. The summed E-state index contributed by atoms with van der Waals surface area (Å²) in [6.07, 6.45) is 0.254. The lowest BCUT2D eigenvalue weighted by Crippen LogP contribution is -2.53. The molecule has 1 aromatic heterocycles. The first-order chi connectivity index (χ1) is 7.87. The zero-order valence-electron chi connectivity index (χ0n) is 9.76. The fourth-order valence-corrected chi connectivity index (χ4v) is 1.01. The normalized spacial score (nSPS) is 13.8. The van der Waals surface area contributed by atoms with Gasteiger partial charge in [0.2, 0.25) is 0 Å². The van der Waals surface area contributed by atoms with Gasteiger partial charge in [0.05, 0.1) is 7.05 Å². The van der Waals surface area contributed by atoms with Gasteiger partial charge in [-0.2, -0.15) is 4.80 Å². The molecule has 0 aliphatic heterocycles. The van der Waals surface area contributed by atoms with Gasteiger partial charge in [-0.05, 0) is 18.6 Å². The van der Waals surface area contributed by atoms with Crippen LogP contribution in [0.1, 0.15) is 20.3 Å². The number of tetrazole rings is 1. The van der Waals surface area contributed by atoms with E-state index < -0.39 is 17.5 Å². The standard InChI is InChI=1S/C8H14N6O3/c1-4-8(2,5(15)16)10-7(17)9-6-11-13-14(3)12-6/h4H2,1-3H3,(H,15,16)(H2,9,10,12,17). The molecular formula is C8H14N6O3. The number of amides is 2. The number of carbonyl (C=O) groups is 2. The third-order valence-corrected chi connectivity index (χ3v) is 2.30. The van der Waals surface area contributed by atoms with Crippen molar-refractivity contribution in [2.75, 3.05) is 5.32 Å². The smallest absolute Gasteiger partial charge is 0.329 e. The summed E-state index contributed by atoms with van der Waals surface area (Å²) in [6.45, 7) is 3.08. The molecule has 1 unspecified atom stereocenters. The van der Waals surface area contributed by atoms with Crippen molar-refractivity contribution < 1.29 is 14.7 Å². The van der Waals surface area contributed by atoms with Crippen LogP contribution in [0.5, 0.6) is 0 Å². The largest absolute Gasteiger partial charge is 0.480 e. The summed E-state index contributed by atoms with van der Waals surface area (Å²) in [5.41, 5.74) is -1.33. The number of hydrogen-bond donors (Lipinski definition) is 3. The summed E-state index contributed by atoms with van der Waals surface area (Å²) >= 11 is 0. The van der Waals surface area contributed by atoms with Crippen LogP contribution < -0.4 is 10.6 Å². The second kappa shape index (κ2) is 4.76. The molecule has 0 spiro atoms. The lowest BCUT2D eigenvalue weighted by Gasteiger charge is -2.24. The molecule has 0 aliphatic rings. The van der Waals surface area contributed by atoms with Crippen molar-refractivity contribution in [2.45, 2.75) is 25.8 Å². The van der Waals surface area contributed by atoms with E-state index in [4.69, 9.17) is 5.11 Å². The highest BCUT2D eigenvalue weighted by molar-refractivity contribution is 5.92. The van der Waals surface area contributed by atoms with Gasteiger partial charge in [-0.25, -0.2) is 9.59 Å². The van der Waals surface area contributed by atoms with Crippen LogP contribution in [0.2, 0.25) is 0 Å². The van der Waals surface area contributed by atoms with E-state index in [1.54, 1.807) is 14.0 Å². The molecule has 17 heavy (non-hydrogen) atoms. The highest BCUT2D eigenvalue weighted by atomic mass is 16.4. The Balaban J connectivity index is 2.63. The predicted molar refractivity (Wildman–Crippen MR) is 57.3 cm³/mol. The number of carboxylic acid groups (broad SMARTS) is 1. The molecular weight excluding hydrogens is 228 g/mol. The number of aromatic nitrogens is 4. The molecule has 1 aromatic rings. The number of nitrogens with one attached hydrogen (secondary N) is 2. The molecule has 1 atom stereocenters. The SMILES string of the molecule is CCC(C)(NC(=O)Nc1nnn(C)n1)C(=O)O. The zero-order chi connectivity index (χ0) is 13.1. The lowest BCUT2D eigenvalue weighted by molar-refractivity contribution is -0.143. The Morgan fingerprint density at radius 2 is 2.18 bits per heavy atom. The van der Waals surface area contributed by atoms with Crippen molar-refractivity contribution in [1.29, 1.82) is 0 Å². The Labute approximate surface area is 97.2 Å². The van der Waals surface area contributed by atoms with Crippen LogP contribution in [0.3, 0.4) is 0 Å². The van der Waals surface area contributed by atoms with Gasteiger partial charge in [0.25, 0.3) is 5.95 Å². The molecule has 0 aromatic carbocycles. The first-order valence-electron chi connectivity index (χ1n) is 4.94. The number of aryl methyl sites for hydroxylation is 1. The predicted octanol–water partition coefficient (Wildman–Crippen LogP) is -0.415. The number of hydrogen-bond acceptors (Lipinski definition) is 5. The van der Waals surface area contributed by atoms with Crippen molar-refractivity contribution >= 4 is 17.9 Å². The van der Waals surface area contributed by atoms with E-state index in [1.165, 1.54) is 11.7 Å². The minimum Gasteiger partial charge on any atom is -0.480 e. The quantitative estimate of drug-likeness (QED) is 0.659. The Hall–Kier alpha value is -2.19. The van der Waals surface area contributed by atoms with E-state index in [-0.39, 0.29) is 12.4 Å². The molecule has 2 amide bonds. The number of anilines is 1. The maximum atomic E-state index is 11.5. The van der Waals surface area contributed by atoms with Crippen LogP contribution in [0, 0.1) is 0 Å². The van der Waals surface area contributed by atoms with Crippen LogP contribution in [0.15, 0.2) is 0 Å². The van der Waals surface area contributed by atoms with Crippen molar-refractivity contribution in [1.82, 2.24) is 25.5 Å². The van der Waals surface area contributed by atoms with E-state index in [1.807, 2.05) is 0 Å². The molecule has 0 radical (unpaired) electrons. The van der Waals surface area contributed by atoms with Gasteiger partial charge < -0.3 is 10.4 Å². The van der Waals surface area contributed by atoms with Gasteiger partial charge in [0.1, 0.15) is 5.54 Å². The van der Waals surface area contributed by atoms with Crippen LogP contribution in [-0.4, -0.2) is 42.9 Å². The number of urea groups is 1.